The average molecular weight is 458 g/mol. The average Bonchev–Trinajstić information content (AvgIpc) is 2.93. The first-order chi connectivity index (χ1) is 16.0. The quantitative estimate of drug-likeness (QED) is 0.482. The number of rotatable bonds is 6. The molecule has 6 heteroatoms. The predicted molar refractivity (Wildman–Crippen MR) is 134 cm³/mol. The molecule has 0 radical (unpaired) electrons. The van der Waals surface area contributed by atoms with Crippen LogP contribution in [0, 0.1) is 0 Å². The van der Waals surface area contributed by atoms with E-state index in [0.717, 1.165) is 11.3 Å². The number of benzene rings is 3. The van der Waals surface area contributed by atoms with Gasteiger partial charge in [-0.25, -0.2) is 0 Å². The molecule has 0 saturated carbocycles. The minimum absolute atomic E-state index is 0.127. The molecule has 0 fully saturated rings. The number of aliphatic imine (C=N–C) groups is 1. The van der Waals surface area contributed by atoms with Crippen LogP contribution in [0.4, 0.5) is 11.4 Å². The van der Waals surface area contributed by atoms with Crippen LogP contribution in [0.1, 0.15) is 18.1 Å². The number of amides is 2. The van der Waals surface area contributed by atoms with E-state index in [1.165, 1.54) is 4.90 Å². The second-order valence-electron chi connectivity index (χ2n) is 7.73. The molecule has 4 rings (SSSR count). The maximum absolute atomic E-state index is 13.4. The van der Waals surface area contributed by atoms with Crippen LogP contribution in [0.5, 0.6) is 0 Å². The van der Waals surface area contributed by atoms with Gasteiger partial charge in [0.2, 0.25) is 5.91 Å². The van der Waals surface area contributed by atoms with Crippen LogP contribution in [-0.4, -0.2) is 36.7 Å². The summed E-state index contributed by atoms with van der Waals surface area (Å²) >= 11 is 6.34. The number of fused-ring (bicyclic) bond motifs is 1. The fourth-order valence-electron chi connectivity index (χ4n) is 3.89. The molecule has 5 nitrogen and oxygen atoms in total. The fourth-order valence-corrected chi connectivity index (χ4v) is 4.07. The molecule has 1 heterocycles. The van der Waals surface area contributed by atoms with E-state index in [-0.39, 0.29) is 18.4 Å². The Morgan fingerprint density at radius 2 is 1.76 bits per heavy atom. The van der Waals surface area contributed by atoms with Gasteiger partial charge in [-0.1, -0.05) is 66.2 Å². The number of para-hydroxylation sites is 1. The van der Waals surface area contributed by atoms with Crippen molar-refractivity contribution in [2.75, 3.05) is 22.9 Å². The van der Waals surface area contributed by atoms with Crippen molar-refractivity contribution in [1.82, 2.24) is 0 Å². The Balaban J connectivity index is 1.76. The number of hydrogen-bond acceptors (Lipinski definition) is 3. The Morgan fingerprint density at radius 3 is 2.42 bits per heavy atom. The minimum Gasteiger partial charge on any atom is -0.307 e. The lowest BCUT2D eigenvalue weighted by atomic mass is 10.00. The Hall–Kier alpha value is -3.70. The van der Waals surface area contributed by atoms with E-state index < -0.39 is 6.04 Å². The number of halogens is 1. The van der Waals surface area contributed by atoms with E-state index in [1.54, 1.807) is 36.1 Å². The lowest BCUT2D eigenvalue weighted by Crippen LogP contribution is -2.45. The Labute approximate surface area is 198 Å². The van der Waals surface area contributed by atoms with Crippen molar-refractivity contribution in [3.8, 4) is 0 Å². The molecule has 0 bridgehead atoms. The summed E-state index contributed by atoms with van der Waals surface area (Å²) in [6.07, 6.45) is 1.67. The van der Waals surface area contributed by atoms with Gasteiger partial charge in [0.15, 0.2) is 0 Å². The second-order valence-corrected chi connectivity index (χ2v) is 8.17. The smallest absolute Gasteiger partial charge is 0.252 e. The topological polar surface area (TPSA) is 53.0 Å². The molecular weight excluding hydrogens is 434 g/mol. The molecule has 0 unspecified atom stereocenters. The zero-order valence-corrected chi connectivity index (χ0v) is 19.1. The highest BCUT2D eigenvalue weighted by Gasteiger charge is 2.32. The first kappa shape index (κ1) is 22.5. The van der Waals surface area contributed by atoms with E-state index in [0.29, 0.717) is 28.5 Å². The summed E-state index contributed by atoms with van der Waals surface area (Å²) in [7, 11) is 0. The van der Waals surface area contributed by atoms with Gasteiger partial charge in [-0.05, 0) is 37.3 Å². The van der Waals surface area contributed by atoms with Crippen LogP contribution in [-0.2, 0) is 9.59 Å². The molecule has 1 aliphatic rings. The van der Waals surface area contributed by atoms with Gasteiger partial charge in [0, 0.05) is 28.4 Å². The highest BCUT2D eigenvalue weighted by Crippen LogP contribution is 2.31. The van der Waals surface area contributed by atoms with Gasteiger partial charge in [0.05, 0.1) is 11.4 Å². The molecule has 0 saturated heterocycles. The van der Waals surface area contributed by atoms with Gasteiger partial charge in [0.25, 0.3) is 5.91 Å². The summed E-state index contributed by atoms with van der Waals surface area (Å²) < 4.78 is 0. The fraction of sp³-hybridized carbons (Fsp3) is 0.148. The summed E-state index contributed by atoms with van der Waals surface area (Å²) in [6, 6.07) is 23.7. The van der Waals surface area contributed by atoms with Crippen LogP contribution in [0.25, 0.3) is 0 Å². The van der Waals surface area contributed by atoms with Crippen LogP contribution >= 0.6 is 11.6 Å². The van der Waals surface area contributed by atoms with Gasteiger partial charge in [0.1, 0.15) is 12.6 Å². The van der Waals surface area contributed by atoms with Crippen molar-refractivity contribution in [3.05, 3.63) is 108 Å². The van der Waals surface area contributed by atoms with Gasteiger partial charge in [-0.2, -0.15) is 0 Å². The summed E-state index contributed by atoms with van der Waals surface area (Å²) in [5.74, 6) is -0.463. The van der Waals surface area contributed by atoms with Crippen molar-refractivity contribution in [3.63, 3.8) is 0 Å². The molecule has 3 aromatic carbocycles. The first-order valence-corrected chi connectivity index (χ1v) is 11.1. The zero-order valence-electron chi connectivity index (χ0n) is 18.3. The third-order valence-corrected chi connectivity index (χ3v) is 5.71. The summed E-state index contributed by atoms with van der Waals surface area (Å²) in [6.45, 7) is 5.73. The molecule has 1 aliphatic heterocycles. The molecule has 0 spiro atoms. The normalized spacial score (nSPS) is 15.3. The summed E-state index contributed by atoms with van der Waals surface area (Å²) in [5.41, 5.74) is 3.63. The monoisotopic (exact) mass is 457 g/mol. The molecule has 0 aliphatic carbocycles. The van der Waals surface area contributed by atoms with E-state index in [9.17, 15) is 9.59 Å². The molecule has 166 valence electrons. The summed E-state index contributed by atoms with van der Waals surface area (Å²) in [4.78, 5) is 34.7. The van der Waals surface area contributed by atoms with Crippen LogP contribution in [0.2, 0.25) is 5.02 Å². The van der Waals surface area contributed by atoms with Crippen molar-refractivity contribution < 1.29 is 9.59 Å². The molecule has 33 heavy (non-hydrogen) atoms. The van der Waals surface area contributed by atoms with Crippen molar-refractivity contribution in [1.29, 1.82) is 0 Å². The van der Waals surface area contributed by atoms with E-state index in [1.807, 2.05) is 60.7 Å². The molecule has 0 N–H and O–H groups in total. The summed E-state index contributed by atoms with van der Waals surface area (Å²) in [5, 5.41) is 0.531. The zero-order chi connectivity index (χ0) is 23.4. The van der Waals surface area contributed by atoms with Gasteiger partial charge in [-0.15, -0.1) is 6.58 Å². The number of nitrogens with zero attached hydrogens (tertiary/aromatic N) is 3. The van der Waals surface area contributed by atoms with Crippen LogP contribution in [0.3, 0.4) is 0 Å². The molecule has 0 aromatic heterocycles. The van der Waals surface area contributed by atoms with Gasteiger partial charge >= 0.3 is 0 Å². The predicted octanol–water partition coefficient (Wildman–Crippen LogP) is 5.13. The number of carbonyl (C=O) groups excluding carboxylic acids is 2. The third-order valence-electron chi connectivity index (χ3n) is 5.47. The maximum Gasteiger partial charge on any atom is 0.252 e. The number of anilines is 2. The third kappa shape index (κ3) is 4.73. The molecule has 3 aromatic rings. The molecule has 2 amide bonds. The van der Waals surface area contributed by atoms with Crippen LogP contribution in [0.15, 0.2) is 96.5 Å². The largest absolute Gasteiger partial charge is 0.307 e. The highest BCUT2D eigenvalue weighted by atomic mass is 35.5. The second kappa shape index (κ2) is 9.84. The lowest BCUT2D eigenvalue weighted by molar-refractivity contribution is -0.123. The Kier molecular flexibility index (Phi) is 6.71. The van der Waals surface area contributed by atoms with E-state index >= 15 is 0 Å². The SMILES string of the molecule is C=CCN(C(=O)CN1C(=O)[C@@H](C)N=C(c2ccccc2)c2cc(Cl)ccc21)c1ccccc1. The van der Waals surface area contributed by atoms with Crippen molar-refractivity contribution in [2.24, 2.45) is 4.99 Å². The Morgan fingerprint density at radius 1 is 1.09 bits per heavy atom. The standard InChI is InChI=1S/C27H24ClN3O2/c1-3-16-30(22-12-8-5-9-13-22)25(32)18-31-24-15-14-21(28)17-23(24)26(29-19(2)27(31)33)20-10-6-4-7-11-20/h3-15,17,19H,1,16,18H2,2H3/t19-/m1/s1. The Bertz CT molecular complexity index is 1210. The number of hydrogen-bond donors (Lipinski definition) is 0. The number of carbonyl (C=O) groups is 2. The number of benzodiazepines with no additional fused rings is 1. The van der Waals surface area contributed by atoms with E-state index in [4.69, 9.17) is 16.6 Å². The van der Waals surface area contributed by atoms with Crippen molar-refractivity contribution in [2.45, 2.75) is 13.0 Å². The maximum atomic E-state index is 13.4. The lowest BCUT2D eigenvalue weighted by Gasteiger charge is -2.28. The van der Waals surface area contributed by atoms with Gasteiger partial charge in [-0.3, -0.25) is 14.6 Å². The first-order valence-electron chi connectivity index (χ1n) is 10.7. The van der Waals surface area contributed by atoms with E-state index in [2.05, 4.69) is 6.58 Å². The van der Waals surface area contributed by atoms with Crippen molar-refractivity contribution >= 4 is 40.5 Å². The van der Waals surface area contributed by atoms with Crippen LogP contribution < -0.4 is 9.80 Å². The minimum atomic E-state index is -0.663. The molecular formula is C27H24ClN3O2. The van der Waals surface area contributed by atoms with Gasteiger partial charge < -0.3 is 9.80 Å². The highest BCUT2D eigenvalue weighted by molar-refractivity contribution is 6.32. The molecule has 1 atom stereocenters.